The molecule has 1 aliphatic heterocycles. The third kappa shape index (κ3) is 4.18. The lowest BCUT2D eigenvalue weighted by molar-refractivity contribution is 0.0530. The smallest absolute Gasteiger partial charge is 0.251 e. The van der Waals surface area contributed by atoms with Gasteiger partial charge >= 0.3 is 0 Å². The van der Waals surface area contributed by atoms with Gasteiger partial charge in [-0.05, 0) is 47.5 Å². The van der Waals surface area contributed by atoms with Crippen LogP contribution < -0.4 is 10.2 Å². The molecule has 5 nitrogen and oxygen atoms in total. The maximum absolute atomic E-state index is 14.4. The number of carbonyl (C=O) groups is 1. The van der Waals surface area contributed by atoms with E-state index < -0.39 is 17.3 Å². The highest BCUT2D eigenvalue weighted by atomic mass is 32.1. The van der Waals surface area contributed by atoms with Crippen LogP contribution in [-0.2, 0) is 10.3 Å². The molecule has 134 valence electrons. The van der Waals surface area contributed by atoms with E-state index in [2.05, 4.69) is 5.32 Å². The predicted molar refractivity (Wildman–Crippen MR) is 95.7 cm³/mol. The SMILES string of the molecule is CC(O)(CNC(=O)c1ccc(N2CCOCC2)c(F)c1)c1ccsc1. The molecule has 0 radical (unpaired) electrons. The molecule has 1 aliphatic rings. The molecule has 0 bridgehead atoms. The van der Waals surface area contributed by atoms with Gasteiger partial charge in [-0.25, -0.2) is 4.39 Å². The zero-order valence-electron chi connectivity index (χ0n) is 14.0. The van der Waals surface area contributed by atoms with Crippen LogP contribution in [0.15, 0.2) is 35.0 Å². The molecular weight excluding hydrogens is 343 g/mol. The Morgan fingerprint density at radius 2 is 2.16 bits per heavy atom. The van der Waals surface area contributed by atoms with Gasteiger partial charge < -0.3 is 20.1 Å². The van der Waals surface area contributed by atoms with Gasteiger partial charge in [0.25, 0.3) is 5.91 Å². The van der Waals surface area contributed by atoms with Crippen molar-refractivity contribution >= 4 is 22.9 Å². The molecule has 2 aromatic rings. The maximum Gasteiger partial charge on any atom is 0.251 e. The van der Waals surface area contributed by atoms with E-state index in [1.54, 1.807) is 19.1 Å². The number of thiophene rings is 1. The number of hydrogen-bond donors (Lipinski definition) is 2. The molecule has 1 fully saturated rings. The highest BCUT2D eigenvalue weighted by molar-refractivity contribution is 7.08. The van der Waals surface area contributed by atoms with Gasteiger partial charge in [-0.2, -0.15) is 11.3 Å². The summed E-state index contributed by atoms with van der Waals surface area (Å²) >= 11 is 1.48. The first-order valence-corrected chi connectivity index (χ1v) is 9.07. The van der Waals surface area contributed by atoms with Crippen molar-refractivity contribution < 1.29 is 19.0 Å². The monoisotopic (exact) mass is 364 g/mol. The number of amides is 1. The van der Waals surface area contributed by atoms with E-state index in [0.29, 0.717) is 32.0 Å². The van der Waals surface area contributed by atoms with Crippen LogP contribution in [0.2, 0.25) is 0 Å². The molecule has 1 aromatic carbocycles. The second kappa shape index (κ2) is 7.51. The second-order valence-corrected chi connectivity index (χ2v) is 7.01. The minimum Gasteiger partial charge on any atom is -0.384 e. The first kappa shape index (κ1) is 17.8. The van der Waals surface area contributed by atoms with Gasteiger partial charge in [-0.3, -0.25) is 4.79 Å². The summed E-state index contributed by atoms with van der Waals surface area (Å²) in [7, 11) is 0. The van der Waals surface area contributed by atoms with Crippen LogP contribution in [0.1, 0.15) is 22.8 Å². The van der Waals surface area contributed by atoms with Crippen LogP contribution in [0.3, 0.4) is 0 Å². The zero-order valence-corrected chi connectivity index (χ0v) is 14.8. The first-order valence-electron chi connectivity index (χ1n) is 8.13. The Morgan fingerprint density at radius 1 is 1.40 bits per heavy atom. The van der Waals surface area contributed by atoms with E-state index in [1.807, 2.05) is 21.7 Å². The molecule has 7 heteroatoms. The third-order valence-electron chi connectivity index (χ3n) is 4.30. The number of anilines is 1. The Balaban J connectivity index is 1.65. The standard InChI is InChI=1S/C18H21FN2O3S/c1-18(23,14-4-9-25-11-14)12-20-17(22)13-2-3-16(15(19)10-13)21-5-7-24-8-6-21/h2-4,9-11,23H,5-8,12H2,1H3,(H,20,22). The number of ether oxygens (including phenoxy) is 1. The molecule has 1 amide bonds. The fourth-order valence-electron chi connectivity index (χ4n) is 2.74. The summed E-state index contributed by atoms with van der Waals surface area (Å²) in [5.41, 5.74) is 0.287. The van der Waals surface area contributed by atoms with Gasteiger partial charge in [0.1, 0.15) is 11.4 Å². The fraction of sp³-hybridized carbons (Fsp3) is 0.389. The number of carbonyl (C=O) groups excluding carboxylic acids is 1. The van der Waals surface area contributed by atoms with Crippen molar-refractivity contribution in [1.82, 2.24) is 5.32 Å². The topological polar surface area (TPSA) is 61.8 Å². The summed E-state index contributed by atoms with van der Waals surface area (Å²) in [6.45, 7) is 4.09. The number of nitrogens with zero attached hydrogens (tertiary/aromatic N) is 1. The number of halogens is 1. The summed E-state index contributed by atoms with van der Waals surface area (Å²) < 4.78 is 19.6. The summed E-state index contributed by atoms with van der Waals surface area (Å²) in [6, 6.07) is 6.27. The highest BCUT2D eigenvalue weighted by Gasteiger charge is 2.25. The van der Waals surface area contributed by atoms with E-state index in [1.165, 1.54) is 17.4 Å². The van der Waals surface area contributed by atoms with E-state index in [0.717, 1.165) is 5.56 Å². The van der Waals surface area contributed by atoms with Crippen molar-refractivity contribution in [2.75, 3.05) is 37.7 Å². The largest absolute Gasteiger partial charge is 0.384 e. The second-order valence-electron chi connectivity index (χ2n) is 6.23. The first-order chi connectivity index (χ1) is 12.0. The predicted octanol–water partition coefficient (Wildman–Crippen LogP) is 2.36. The van der Waals surface area contributed by atoms with Crippen LogP contribution >= 0.6 is 11.3 Å². The van der Waals surface area contributed by atoms with Crippen LogP contribution in [0.5, 0.6) is 0 Å². The molecule has 1 unspecified atom stereocenters. The van der Waals surface area contributed by atoms with Crippen molar-refractivity contribution in [3.63, 3.8) is 0 Å². The molecule has 0 aliphatic carbocycles. The molecule has 25 heavy (non-hydrogen) atoms. The lowest BCUT2D eigenvalue weighted by Crippen LogP contribution is -2.38. The zero-order chi connectivity index (χ0) is 17.9. The maximum atomic E-state index is 14.4. The number of aliphatic hydroxyl groups is 1. The molecule has 1 atom stereocenters. The Morgan fingerprint density at radius 3 is 2.80 bits per heavy atom. The average Bonchev–Trinajstić information content (AvgIpc) is 3.16. The van der Waals surface area contributed by atoms with Crippen molar-refractivity contribution in [3.05, 3.63) is 52.0 Å². The highest BCUT2D eigenvalue weighted by Crippen LogP contribution is 2.23. The van der Waals surface area contributed by atoms with Crippen molar-refractivity contribution in [2.45, 2.75) is 12.5 Å². The average molecular weight is 364 g/mol. The summed E-state index contributed by atoms with van der Waals surface area (Å²) in [4.78, 5) is 14.2. The van der Waals surface area contributed by atoms with E-state index >= 15 is 0 Å². The number of rotatable bonds is 5. The van der Waals surface area contributed by atoms with E-state index in [4.69, 9.17) is 4.74 Å². The van der Waals surface area contributed by atoms with Crippen molar-refractivity contribution in [1.29, 1.82) is 0 Å². The Labute approximate surface area is 150 Å². The normalized spacial score (nSPS) is 17.2. The Kier molecular flexibility index (Phi) is 5.36. The fourth-order valence-corrected chi connectivity index (χ4v) is 3.52. The van der Waals surface area contributed by atoms with Crippen LogP contribution in [0, 0.1) is 5.82 Å². The van der Waals surface area contributed by atoms with Crippen LogP contribution in [-0.4, -0.2) is 43.9 Å². The van der Waals surface area contributed by atoms with E-state index in [-0.39, 0.29) is 12.1 Å². The Bertz CT molecular complexity index is 728. The van der Waals surface area contributed by atoms with Crippen LogP contribution in [0.4, 0.5) is 10.1 Å². The quantitative estimate of drug-likeness (QED) is 0.855. The molecule has 2 N–H and O–H groups in total. The van der Waals surface area contributed by atoms with Gasteiger partial charge in [-0.15, -0.1) is 0 Å². The van der Waals surface area contributed by atoms with Gasteiger partial charge in [-0.1, -0.05) is 0 Å². The molecule has 0 spiro atoms. The minimum absolute atomic E-state index is 0.0510. The van der Waals surface area contributed by atoms with Crippen molar-refractivity contribution in [3.8, 4) is 0 Å². The third-order valence-corrected chi connectivity index (χ3v) is 4.98. The lowest BCUT2D eigenvalue weighted by atomic mass is 9.99. The van der Waals surface area contributed by atoms with Gasteiger partial charge in [0, 0.05) is 18.7 Å². The summed E-state index contributed by atoms with van der Waals surface area (Å²) in [5.74, 6) is -0.845. The molecular formula is C18H21FN2O3S. The summed E-state index contributed by atoms with van der Waals surface area (Å²) in [6.07, 6.45) is 0. The molecule has 0 saturated carbocycles. The van der Waals surface area contributed by atoms with Crippen LogP contribution in [0.25, 0.3) is 0 Å². The van der Waals surface area contributed by atoms with Gasteiger partial charge in [0.05, 0.1) is 25.4 Å². The van der Waals surface area contributed by atoms with Crippen molar-refractivity contribution in [2.24, 2.45) is 0 Å². The summed E-state index contributed by atoms with van der Waals surface area (Å²) in [5, 5.41) is 16.8. The lowest BCUT2D eigenvalue weighted by Gasteiger charge is -2.29. The number of nitrogens with one attached hydrogen (secondary N) is 1. The number of morpholine rings is 1. The van der Waals surface area contributed by atoms with E-state index in [9.17, 15) is 14.3 Å². The minimum atomic E-state index is -1.16. The number of hydrogen-bond acceptors (Lipinski definition) is 5. The molecule has 3 rings (SSSR count). The Hall–Kier alpha value is -1.96. The van der Waals surface area contributed by atoms with Gasteiger partial charge in [0.2, 0.25) is 0 Å². The number of benzene rings is 1. The van der Waals surface area contributed by atoms with Gasteiger partial charge in [0.15, 0.2) is 0 Å². The molecule has 1 saturated heterocycles. The molecule has 2 heterocycles. The molecule has 1 aromatic heterocycles.